The van der Waals surface area contributed by atoms with Crippen LogP contribution < -0.4 is 29.0 Å². The van der Waals surface area contributed by atoms with Crippen molar-refractivity contribution < 1.29 is 90.3 Å². The first-order chi connectivity index (χ1) is 47.9. The molecule has 0 aliphatic heterocycles. The topological polar surface area (TPSA) is 246 Å². The van der Waals surface area contributed by atoms with Crippen molar-refractivity contribution in [3.8, 4) is 0 Å². The van der Waals surface area contributed by atoms with Crippen molar-refractivity contribution in [2.75, 3.05) is 0 Å². The van der Waals surface area contributed by atoms with Gasteiger partial charge in [0.15, 0.2) is 17.3 Å². The Balaban J connectivity index is 0.000000217. The second-order valence-corrected chi connectivity index (χ2v) is 27.1. The summed E-state index contributed by atoms with van der Waals surface area (Å²) in [7, 11) is 0. The zero-order valence-corrected chi connectivity index (χ0v) is 59.6. The number of thiophene rings is 3. The molecule has 536 valence electrons. The number of nitrogens with zero attached hydrogens (tertiary/aromatic N) is 6. The maximum atomic E-state index is 13.0. The van der Waals surface area contributed by atoms with Gasteiger partial charge in [-0.2, -0.15) is 0 Å². The summed E-state index contributed by atoms with van der Waals surface area (Å²) < 4.78 is 70.3. The lowest BCUT2D eigenvalue weighted by Gasteiger charge is -2.29. The molecule has 9 aromatic rings. The van der Waals surface area contributed by atoms with E-state index >= 15 is 0 Å². The molecule has 3 aromatic carbocycles. The van der Waals surface area contributed by atoms with E-state index in [0.717, 1.165) is 77.8 Å². The number of carbonyl (C=O) groups is 6. The van der Waals surface area contributed by atoms with E-state index in [0.29, 0.717) is 36.0 Å². The summed E-state index contributed by atoms with van der Waals surface area (Å²) in [6, 6.07) is 29.8. The van der Waals surface area contributed by atoms with Gasteiger partial charge in [0.2, 0.25) is 19.0 Å². The number of rotatable bonds is 38. The number of halogens is 3. The normalized spacial score (nSPS) is 13.0. The average molecular weight is 1440 g/mol. The monoisotopic (exact) mass is 1430 g/mol. The van der Waals surface area contributed by atoms with Crippen LogP contribution in [0.3, 0.4) is 0 Å². The molecule has 6 heterocycles. The molecule has 0 fully saturated rings. The molecule has 0 bridgehead atoms. The number of aromatic nitrogens is 6. The van der Waals surface area contributed by atoms with Gasteiger partial charge in [0.1, 0.15) is 98.2 Å². The van der Waals surface area contributed by atoms with E-state index in [1.165, 1.54) is 51.0 Å². The van der Waals surface area contributed by atoms with Gasteiger partial charge in [-0.25, -0.2) is 40.6 Å². The van der Waals surface area contributed by atoms with Crippen LogP contribution in [0.2, 0.25) is 0 Å². The van der Waals surface area contributed by atoms with Gasteiger partial charge >= 0.3 is 0 Å². The van der Waals surface area contributed by atoms with Gasteiger partial charge in [-0.1, -0.05) is 39.0 Å². The molecule has 100 heavy (non-hydrogen) atoms. The van der Waals surface area contributed by atoms with Crippen molar-refractivity contribution in [2.45, 2.75) is 194 Å². The Morgan fingerprint density at radius 2 is 0.730 bits per heavy atom. The maximum Gasteiger partial charge on any atom is 0.243 e. The van der Waals surface area contributed by atoms with Crippen molar-refractivity contribution in [2.24, 2.45) is 0 Å². The quantitative estimate of drug-likeness (QED) is 0.0280. The van der Waals surface area contributed by atoms with Gasteiger partial charge in [0.25, 0.3) is 0 Å². The molecule has 0 spiro atoms. The fourth-order valence-electron chi connectivity index (χ4n) is 10.1. The minimum atomic E-state index is -2.97. The molecule has 6 unspecified atom stereocenters. The first-order valence-electron chi connectivity index (χ1n) is 33.3. The van der Waals surface area contributed by atoms with Crippen LogP contribution >= 0.6 is 34.0 Å². The molecular weight excluding hydrogens is 1350 g/mol. The van der Waals surface area contributed by atoms with Crippen LogP contribution in [0.4, 0.5) is 13.2 Å². The highest BCUT2D eigenvalue weighted by Gasteiger charge is 2.30. The first-order valence-corrected chi connectivity index (χ1v) is 36.0. The standard InChI is InChI=1S/3C23H28FN2O2S.C6H8O7/c3*1-3-18(2)28-22(23-7-5-15-29-23)16-26-14-13-25(17-26)12-4-6-21(27)19-8-10-20(24)11-9-19;7-3(8)1-6(13,5(11)12)2-4(9)10/h3*5,7-11,13-15,17-18,22H,3-4,6,12,16H2,1-2H3;13H,1-2H2,(H,7,8)(H,9,10)(H,11,12)/q3*+1;/p-3. The summed E-state index contributed by atoms with van der Waals surface area (Å²) in [5.74, 6) is -6.81. The van der Waals surface area contributed by atoms with E-state index in [9.17, 15) is 57.3 Å². The molecule has 0 aliphatic carbocycles. The summed E-state index contributed by atoms with van der Waals surface area (Å²) in [6.45, 7) is 17.3. The Bertz CT molecular complexity index is 3510. The second kappa shape index (κ2) is 41.9. The van der Waals surface area contributed by atoms with Crippen LogP contribution in [0.1, 0.15) is 176 Å². The van der Waals surface area contributed by atoms with E-state index in [1.54, 1.807) is 70.4 Å². The molecule has 6 aromatic heterocycles. The number of aliphatic carboxylic acids is 3. The van der Waals surface area contributed by atoms with Crippen LogP contribution in [0, 0.1) is 17.5 Å². The van der Waals surface area contributed by atoms with Crippen molar-refractivity contribution >= 4 is 69.3 Å². The molecule has 9 rings (SSSR count). The molecule has 1 N–H and O–H groups in total. The Hall–Kier alpha value is -8.56. The molecule has 0 aliphatic rings. The summed E-state index contributed by atoms with van der Waals surface area (Å²) in [6.07, 6.45) is 22.9. The SMILES string of the molecule is CCC(C)OC(Cn1cc[n+](CCCC(=O)c2ccc(F)cc2)c1)c1cccs1.CCC(C)OC(Cn1cc[n+](CCCC(=O)c2ccc(F)cc2)c1)c1cccs1.CCC(C)OC(Cn1cc[n+](CCCC(=O)c2ccc(F)cc2)c1)c1cccs1.O=C([O-])CC(O)(CC(=O)[O-])C(=O)[O-]. The molecule has 6 atom stereocenters. The number of benzene rings is 3. The number of carboxylic acid groups (broad SMARTS) is 3. The fourth-order valence-corrected chi connectivity index (χ4v) is 12.3. The van der Waals surface area contributed by atoms with Gasteiger partial charge < -0.3 is 49.0 Å². The molecule has 0 radical (unpaired) electrons. The van der Waals surface area contributed by atoms with Crippen molar-refractivity contribution in [3.63, 3.8) is 0 Å². The number of aryl methyl sites for hydroxylation is 3. The molecule has 0 saturated carbocycles. The van der Waals surface area contributed by atoms with Crippen LogP contribution in [-0.2, 0) is 67.9 Å². The first kappa shape index (κ1) is 80.4. The second-order valence-electron chi connectivity index (χ2n) is 24.1. The minimum Gasteiger partial charge on any atom is -0.550 e. The van der Waals surface area contributed by atoms with E-state index in [-0.39, 0.29) is 71.4 Å². The van der Waals surface area contributed by atoms with Crippen LogP contribution in [-0.4, -0.2) is 78.0 Å². The molecular formula is C75H89F3N6O13S3. The number of carboxylic acids is 3. The zero-order chi connectivity index (χ0) is 72.6. The van der Waals surface area contributed by atoms with Gasteiger partial charge in [0, 0.05) is 75.4 Å². The van der Waals surface area contributed by atoms with E-state index in [4.69, 9.17) is 19.3 Å². The third-order valence-corrected chi connectivity index (χ3v) is 19.0. The van der Waals surface area contributed by atoms with E-state index in [1.807, 2.05) is 37.2 Å². The highest BCUT2D eigenvalue weighted by Crippen LogP contribution is 2.29. The number of aliphatic hydroxyl groups is 1. The number of hydrogen-bond donors (Lipinski definition) is 1. The minimum absolute atomic E-state index is 0.0332. The third kappa shape index (κ3) is 28.2. The predicted octanol–water partition coefficient (Wildman–Crippen LogP) is 10.3. The lowest BCUT2D eigenvalue weighted by molar-refractivity contribution is -0.696. The Morgan fingerprint density at radius 3 is 0.950 bits per heavy atom. The summed E-state index contributed by atoms with van der Waals surface area (Å²) in [5.41, 5.74) is -1.28. The van der Waals surface area contributed by atoms with Gasteiger partial charge in [0.05, 0.1) is 43.9 Å². The Labute approximate surface area is 593 Å². The van der Waals surface area contributed by atoms with E-state index in [2.05, 4.69) is 140 Å². The Morgan fingerprint density at radius 1 is 0.460 bits per heavy atom. The van der Waals surface area contributed by atoms with Gasteiger partial charge in [-0.3, -0.25) is 14.4 Å². The lowest BCUT2D eigenvalue weighted by atomic mass is 9.96. The maximum absolute atomic E-state index is 13.0. The summed E-state index contributed by atoms with van der Waals surface area (Å²) in [5, 5.41) is 45.2. The number of ether oxygens (including phenoxy) is 3. The summed E-state index contributed by atoms with van der Waals surface area (Å²) in [4.78, 5) is 70.3. The highest BCUT2D eigenvalue weighted by atomic mass is 32.1. The Kier molecular flexibility index (Phi) is 33.7. The predicted molar refractivity (Wildman–Crippen MR) is 367 cm³/mol. The third-order valence-electron chi connectivity index (χ3n) is 16.1. The molecule has 25 heteroatoms. The van der Waals surface area contributed by atoms with Crippen LogP contribution in [0.25, 0.3) is 0 Å². The van der Waals surface area contributed by atoms with Crippen molar-refractivity contribution in [1.29, 1.82) is 0 Å². The molecule has 19 nitrogen and oxygen atoms in total. The fraction of sp³-hybridized carbons (Fsp3) is 0.400. The lowest BCUT2D eigenvalue weighted by Crippen LogP contribution is -2.54. The number of hydrogen-bond acceptors (Lipinski definition) is 16. The van der Waals surface area contributed by atoms with Crippen LogP contribution in [0.15, 0.2) is 181 Å². The van der Waals surface area contributed by atoms with Gasteiger partial charge in [-0.15, -0.1) is 34.0 Å². The molecule has 0 saturated heterocycles. The average Bonchev–Trinajstić information content (AvgIpc) is 1.85. The van der Waals surface area contributed by atoms with Crippen LogP contribution in [0.5, 0.6) is 0 Å². The van der Waals surface area contributed by atoms with E-state index < -0.39 is 36.4 Å². The van der Waals surface area contributed by atoms with Gasteiger partial charge in [-0.05, 0) is 166 Å². The van der Waals surface area contributed by atoms with Crippen molar-refractivity contribution in [1.82, 2.24) is 13.7 Å². The molecule has 0 amide bonds. The number of carbonyl (C=O) groups excluding carboxylic acids is 6. The largest absolute Gasteiger partial charge is 0.550 e. The summed E-state index contributed by atoms with van der Waals surface area (Å²) >= 11 is 5.16. The zero-order valence-electron chi connectivity index (χ0n) is 57.2. The number of imidazole rings is 3. The number of Topliss-reactive ketones (excluding diaryl/α,β-unsaturated/α-hetero) is 3. The number of ketones is 3. The smallest absolute Gasteiger partial charge is 0.243 e. The van der Waals surface area contributed by atoms with Crippen molar-refractivity contribution in [3.05, 3.63) is 230 Å². The highest BCUT2D eigenvalue weighted by molar-refractivity contribution is 7.10.